The first kappa shape index (κ1) is 15.2. The van der Waals surface area contributed by atoms with Crippen molar-refractivity contribution < 1.29 is 19.8 Å². The van der Waals surface area contributed by atoms with Gasteiger partial charge in [-0.05, 0) is 13.8 Å². The van der Waals surface area contributed by atoms with Crippen LogP contribution in [0.15, 0.2) is 0 Å². The van der Waals surface area contributed by atoms with E-state index in [9.17, 15) is 9.59 Å². The van der Waals surface area contributed by atoms with Crippen LogP contribution in [0.3, 0.4) is 0 Å². The van der Waals surface area contributed by atoms with Gasteiger partial charge in [0.05, 0.1) is 19.1 Å². The van der Waals surface area contributed by atoms with Crippen LogP contribution in [-0.4, -0.2) is 52.3 Å². The third-order valence-electron chi connectivity index (χ3n) is 2.13. The number of amides is 2. The molecule has 0 aliphatic heterocycles. The van der Waals surface area contributed by atoms with Gasteiger partial charge in [0.1, 0.15) is 0 Å². The Morgan fingerprint density at radius 1 is 1.47 bits per heavy atom. The van der Waals surface area contributed by atoms with Gasteiger partial charge >= 0.3 is 12.0 Å². The SMILES string of the molecule is CC(C)N(CCC#N)C(=O)N[C@@H](CO)C(=O)O. The second-order valence-electron chi connectivity index (χ2n) is 3.72. The van der Waals surface area contributed by atoms with Gasteiger partial charge in [-0.25, -0.2) is 9.59 Å². The van der Waals surface area contributed by atoms with Crippen molar-refractivity contribution >= 4 is 12.0 Å². The number of urea groups is 1. The molecule has 0 heterocycles. The summed E-state index contributed by atoms with van der Waals surface area (Å²) < 4.78 is 0. The fraction of sp³-hybridized carbons (Fsp3) is 0.700. The van der Waals surface area contributed by atoms with E-state index in [0.717, 1.165) is 0 Å². The maximum Gasteiger partial charge on any atom is 0.328 e. The average molecular weight is 243 g/mol. The maximum absolute atomic E-state index is 11.7. The van der Waals surface area contributed by atoms with Crippen LogP contribution in [-0.2, 0) is 4.79 Å². The Morgan fingerprint density at radius 3 is 2.41 bits per heavy atom. The van der Waals surface area contributed by atoms with Crippen molar-refractivity contribution in [2.24, 2.45) is 0 Å². The number of carbonyl (C=O) groups is 2. The van der Waals surface area contributed by atoms with E-state index in [2.05, 4.69) is 5.32 Å². The van der Waals surface area contributed by atoms with E-state index < -0.39 is 24.6 Å². The molecule has 0 unspecified atom stereocenters. The zero-order chi connectivity index (χ0) is 13.4. The largest absolute Gasteiger partial charge is 0.480 e. The number of nitrogens with one attached hydrogen (secondary N) is 1. The van der Waals surface area contributed by atoms with E-state index in [-0.39, 0.29) is 19.0 Å². The summed E-state index contributed by atoms with van der Waals surface area (Å²) in [5, 5.41) is 28.1. The summed E-state index contributed by atoms with van der Waals surface area (Å²) in [6.45, 7) is 3.06. The van der Waals surface area contributed by atoms with Crippen LogP contribution >= 0.6 is 0 Å². The molecule has 17 heavy (non-hydrogen) atoms. The zero-order valence-corrected chi connectivity index (χ0v) is 9.88. The Labute approximate surface area is 99.6 Å². The second-order valence-corrected chi connectivity index (χ2v) is 3.72. The number of rotatable bonds is 6. The summed E-state index contributed by atoms with van der Waals surface area (Å²) in [5.41, 5.74) is 0. The molecule has 0 bridgehead atoms. The molecule has 1 atom stereocenters. The molecule has 96 valence electrons. The van der Waals surface area contributed by atoms with Crippen molar-refractivity contribution in [2.45, 2.75) is 32.4 Å². The van der Waals surface area contributed by atoms with Gasteiger partial charge in [-0.15, -0.1) is 0 Å². The van der Waals surface area contributed by atoms with E-state index in [1.807, 2.05) is 6.07 Å². The van der Waals surface area contributed by atoms with Crippen molar-refractivity contribution in [3.8, 4) is 6.07 Å². The van der Waals surface area contributed by atoms with Gasteiger partial charge in [0.15, 0.2) is 6.04 Å². The van der Waals surface area contributed by atoms with Gasteiger partial charge in [0.2, 0.25) is 0 Å². The van der Waals surface area contributed by atoms with Gasteiger partial charge in [-0.2, -0.15) is 5.26 Å². The monoisotopic (exact) mass is 243 g/mol. The average Bonchev–Trinajstić information content (AvgIpc) is 2.25. The first-order chi connectivity index (χ1) is 7.93. The van der Waals surface area contributed by atoms with Crippen molar-refractivity contribution in [3.05, 3.63) is 0 Å². The minimum absolute atomic E-state index is 0.156. The summed E-state index contributed by atoms with van der Waals surface area (Å²) in [6.07, 6.45) is 0.169. The van der Waals surface area contributed by atoms with Gasteiger partial charge in [-0.1, -0.05) is 0 Å². The van der Waals surface area contributed by atoms with Gasteiger partial charge in [0, 0.05) is 12.6 Å². The fourth-order valence-electron chi connectivity index (χ4n) is 1.18. The highest BCUT2D eigenvalue weighted by Gasteiger charge is 2.23. The van der Waals surface area contributed by atoms with Crippen molar-refractivity contribution in [3.63, 3.8) is 0 Å². The summed E-state index contributed by atoms with van der Waals surface area (Å²) in [6, 6.07) is -0.174. The third kappa shape index (κ3) is 5.17. The number of carbonyl (C=O) groups excluding carboxylic acids is 1. The van der Waals surface area contributed by atoms with Crippen LogP contribution in [0.5, 0.6) is 0 Å². The van der Waals surface area contributed by atoms with Crippen LogP contribution < -0.4 is 5.32 Å². The van der Waals surface area contributed by atoms with Gasteiger partial charge < -0.3 is 20.4 Å². The molecule has 7 heteroatoms. The summed E-state index contributed by atoms with van der Waals surface area (Å²) in [7, 11) is 0. The fourth-order valence-corrected chi connectivity index (χ4v) is 1.18. The minimum atomic E-state index is -1.33. The molecule has 0 aliphatic rings. The zero-order valence-electron chi connectivity index (χ0n) is 9.88. The number of aliphatic hydroxyl groups excluding tert-OH is 1. The Bertz CT molecular complexity index is 311. The molecular formula is C10H17N3O4. The van der Waals surface area contributed by atoms with Crippen LogP contribution in [0.4, 0.5) is 4.79 Å². The normalized spacial score (nSPS) is 11.7. The molecular weight excluding hydrogens is 226 g/mol. The number of aliphatic carboxylic acids is 1. The van der Waals surface area contributed by atoms with Crippen LogP contribution in [0, 0.1) is 11.3 Å². The van der Waals surface area contributed by atoms with Crippen LogP contribution in [0.2, 0.25) is 0 Å². The van der Waals surface area contributed by atoms with Gasteiger partial charge in [-0.3, -0.25) is 0 Å². The van der Waals surface area contributed by atoms with Crippen molar-refractivity contribution in [1.82, 2.24) is 10.2 Å². The molecule has 0 fully saturated rings. The molecule has 0 aromatic rings. The lowest BCUT2D eigenvalue weighted by Gasteiger charge is -2.27. The number of nitriles is 1. The van der Waals surface area contributed by atoms with Gasteiger partial charge in [0.25, 0.3) is 0 Å². The molecule has 0 aromatic heterocycles. The number of carboxylic acids is 1. The molecule has 0 aliphatic carbocycles. The first-order valence-electron chi connectivity index (χ1n) is 5.21. The van der Waals surface area contributed by atoms with Crippen LogP contribution in [0.1, 0.15) is 20.3 Å². The molecule has 0 saturated carbocycles. The van der Waals surface area contributed by atoms with Crippen molar-refractivity contribution in [2.75, 3.05) is 13.2 Å². The predicted molar refractivity (Wildman–Crippen MR) is 59.1 cm³/mol. The number of carboxylic acid groups (broad SMARTS) is 1. The highest BCUT2D eigenvalue weighted by atomic mass is 16.4. The lowest BCUT2D eigenvalue weighted by molar-refractivity contribution is -0.140. The Morgan fingerprint density at radius 2 is 2.06 bits per heavy atom. The smallest absolute Gasteiger partial charge is 0.328 e. The molecule has 3 N–H and O–H groups in total. The molecule has 0 rings (SSSR count). The highest BCUT2D eigenvalue weighted by molar-refractivity contribution is 5.82. The molecule has 7 nitrogen and oxygen atoms in total. The number of nitrogens with zero attached hydrogens (tertiary/aromatic N) is 2. The Hall–Kier alpha value is -1.81. The minimum Gasteiger partial charge on any atom is -0.480 e. The molecule has 0 saturated heterocycles. The number of hydrogen-bond acceptors (Lipinski definition) is 4. The Kier molecular flexibility index (Phi) is 6.67. The van der Waals surface area contributed by atoms with Crippen LogP contribution in [0.25, 0.3) is 0 Å². The molecule has 0 radical (unpaired) electrons. The van der Waals surface area contributed by atoms with E-state index in [1.165, 1.54) is 4.90 Å². The molecule has 0 spiro atoms. The van der Waals surface area contributed by atoms with E-state index in [1.54, 1.807) is 13.8 Å². The number of aliphatic hydroxyl groups is 1. The maximum atomic E-state index is 11.7. The lowest BCUT2D eigenvalue weighted by Crippen LogP contribution is -2.51. The number of hydrogen-bond donors (Lipinski definition) is 3. The quantitative estimate of drug-likeness (QED) is 0.596. The molecule has 2 amide bonds. The third-order valence-corrected chi connectivity index (χ3v) is 2.13. The standard InChI is InChI=1S/C10H17N3O4/c1-7(2)13(5-3-4-11)10(17)12-8(6-14)9(15)16/h7-8,14H,3,5-6H2,1-2H3,(H,12,17)(H,15,16)/t8-/m0/s1. The highest BCUT2D eigenvalue weighted by Crippen LogP contribution is 2.01. The second kappa shape index (κ2) is 7.46. The first-order valence-corrected chi connectivity index (χ1v) is 5.21. The van der Waals surface area contributed by atoms with E-state index in [4.69, 9.17) is 15.5 Å². The summed E-state index contributed by atoms with van der Waals surface area (Å²) in [5.74, 6) is -1.30. The predicted octanol–water partition coefficient (Wildman–Crippen LogP) is -0.234. The van der Waals surface area contributed by atoms with E-state index in [0.29, 0.717) is 0 Å². The van der Waals surface area contributed by atoms with Crippen molar-refractivity contribution in [1.29, 1.82) is 5.26 Å². The van der Waals surface area contributed by atoms with E-state index >= 15 is 0 Å². The Balaban J connectivity index is 4.51. The topological polar surface area (TPSA) is 114 Å². The summed E-state index contributed by atoms with van der Waals surface area (Å²) in [4.78, 5) is 23.7. The lowest BCUT2D eigenvalue weighted by atomic mass is 10.3. The summed E-state index contributed by atoms with van der Waals surface area (Å²) >= 11 is 0. The molecule has 0 aromatic carbocycles.